The van der Waals surface area contributed by atoms with Gasteiger partial charge in [0.15, 0.2) is 0 Å². The summed E-state index contributed by atoms with van der Waals surface area (Å²) in [5.74, 6) is -1.41. The summed E-state index contributed by atoms with van der Waals surface area (Å²) in [5, 5.41) is 4.00. The number of hydrogen-bond donors (Lipinski definition) is 0. The second kappa shape index (κ2) is 15.7. The number of pyridine rings is 2. The molecule has 0 aliphatic carbocycles. The summed E-state index contributed by atoms with van der Waals surface area (Å²) in [6.07, 6.45) is 3.66. The van der Waals surface area contributed by atoms with Gasteiger partial charge in [0.25, 0.3) is 0 Å². The van der Waals surface area contributed by atoms with Crippen LogP contribution in [0.15, 0.2) is 213 Å². The third-order valence-electron chi connectivity index (χ3n) is 12.6. The Kier molecular flexibility index (Phi) is 9.18. The largest absolute Gasteiger partial charge is 0.319 e. The molecular formula is C59H35F2N5. The van der Waals surface area contributed by atoms with E-state index in [0.717, 1.165) is 94.4 Å². The number of benzene rings is 8. The average molecular weight is 852 g/mol. The van der Waals surface area contributed by atoms with Crippen LogP contribution in [0.1, 0.15) is 0 Å². The summed E-state index contributed by atoms with van der Waals surface area (Å²) in [6, 6.07) is 64.9. The van der Waals surface area contributed by atoms with Crippen molar-refractivity contribution in [1.82, 2.24) is 19.1 Å². The van der Waals surface area contributed by atoms with E-state index < -0.39 is 11.6 Å². The number of rotatable bonds is 7. The molecule has 0 amide bonds. The highest BCUT2D eigenvalue weighted by Gasteiger charge is 2.25. The van der Waals surface area contributed by atoms with E-state index >= 15 is 8.78 Å². The Balaban J connectivity index is 1.14. The molecule has 0 N–H and O–H groups in total. The molecule has 0 saturated carbocycles. The Morgan fingerprint density at radius 2 is 0.848 bits per heavy atom. The Hall–Kier alpha value is -8.99. The minimum atomic E-state index is -0.706. The van der Waals surface area contributed by atoms with E-state index in [4.69, 9.17) is 11.6 Å². The SMILES string of the molecule is [C-]#[N+]c1c(-n2c3ccccc3c3ccc(-c4ccnc(-c5ccccc5)c4)cc32)ccc(-c2cc(F)cc(F)c2)c1-n1c2ccccc2c2ccc(-c3ccnc(-c4ccccc4)c3)cc21. The third kappa shape index (κ3) is 6.43. The first-order valence-corrected chi connectivity index (χ1v) is 21.6. The van der Waals surface area contributed by atoms with Crippen molar-refractivity contribution in [3.05, 3.63) is 236 Å². The average Bonchev–Trinajstić information content (AvgIpc) is 3.88. The van der Waals surface area contributed by atoms with Crippen molar-refractivity contribution >= 4 is 49.3 Å². The molecule has 0 radical (unpaired) electrons. The highest BCUT2D eigenvalue weighted by molar-refractivity contribution is 6.13. The minimum Gasteiger partial charge on any atom is -0.319 e. The normalized spacial score (nSPS) is 11.5. The van der Waals surface area contributed by atoms with Gasteiger partial charge in [0.05, 0.1) is 51.4 Å². The molecular weight excluding hydrogens is 817 g/mol. The van der Waals surface area contributed by atoms with Crippen molar-refractivity contribution < 1.29 is 8.78 Å². The first-order chi connectivity index (χ1) is 32.5. The molecule has 0 saturated heterocycles. The van der Waals surface area contributed by atoms with Crippen LogP contribution in [0.5, 0.6) is 0 Å². The molecule has 0 spiro atoms. The van der Waals surface area contributed by atoms with Crippen molar-refractivity contribution in [3.63, 3.8) is 0 Å². The molecule has 0 aliphatic rings. The molecule has 12 aromatic rings. The number of nitrogens with zero attached hydrogens (tertiary/aromatic N) is 5. The predicted octanol–water partition coefficient (Wildman–Crippen LogP) is 15.8. The van der Waals surface area contributed by atoms with Gasteiger partial charge >= 0.3 is 0 Å². The predicted molar refractivity (Wildman–Crippen MR) is 264 cm³/mol. The van der Waals surface area contributed by atoms with Crippen LogP contribution in [0.3, 0.4) is 0 Å². The van der Waals surface area contributed by atoms with Gasteiger partial charge < -0.3 is 9.13 Å². The second-order valence-electron chi connectivity index (χ2n) is 16.4. The summed E-state index contributed by atoms with van der Waals surface area (Å²) in [4.78, 5) is 13.8. The van der Waals surface area contributed by atoms with Crippen LogP contribution in [0.2, 0.25) is 0 Å². The number of hydrogen-bond acceptors (Lipinski definition) is 2. The maximum absolute atomic E-state index is 15.3. The monoisotopic (exact) mass is 851 g/mol. The molecule has 7 heteroatoms. The maximum atomic E-state index is 15.3. The van der Waals surface area contributed by atoms with Gasteiger partial charge in [-0.3, -0.25) is 9.97 Å². The molecule has 66 heavy (non-hydrogen) atoms. The summed E-state index contributed by atoms with van der Waals surface area (Å²) in [7, 11) is 0. The third-order valence-corrected chi connectivity index (χ3v) is 12.6. The molecule has 0 bridgehead atoms. The molecule has 4 aromatic heterocycles. The van der Waals surface area contributed by atoms with E-state index in [1.165, 1.54) is 12.1 Å². The Bertz CT molecular complexity index is 3900. The van der Waals surface area contributed by atoms with Gasteiger partial charge in [-0.2, -0.15) is 0 Å². The van der Waals surface area contributed by atoms with Gasteiger partial charge in [0.2, 0.25) is 5.69 Å². The second-order valence-corrected chi connectivity index (χ2v) is 16.4. The standard InChI is InChI=1S/C59H35F2N5/c1-62-58-55(65-53-18-10-8-16-47(53)49-22-20-39(34-56(49)65)41-26-28-63-51(32-41)37-12-4-2-5-13-37)25-24-46(43-30-44(60)36-45(61)31-43)59(58)66-54-19-11-9-17-48(54)50-23-21-40(35-57(50)66)42-27-29-64-52(33-42)38-14-6-3-7-15-38/h2-36H. The zero-order valence-corrected chi connectivity index (χ0v) is 35.2. The Morgan fingerprint density at radius 1 is 0.379 bits per heavy atom. The first kappa shape index (κ1) is 38.7. The minimum absolute atomic E-state index is 0.319. The number of aromatic nitrogens is 4. The summed E-state index contributed by atoms with van der Waals surface area (Å²) in [6.45, 7) is 9.11. The molecule has 0 aliphatic heterocycles. The van der Waals surface area contributed by atoms with Crippen molar-refractivity contribution in [2.45, 2.75) is 0 Å². The molecule has 0 atom stereocenters. The van der Waals surface area contributed by atoms with E-state index in [1.807, 2.05) is 116 Å². The molecule has 0 unspecified atom stereocenters. The number of halogens is 2. The summed E-state index contributed by atoms with van der Waals surface area (Å²) in [5.41, 5.74) is 13.5. The number of fused-ring (bicyclic) bond motifs is 6. The van der Waals surface area contributed by atoms with E-state index in [-0.39, 0.29) is 0 Å². The summed E-state index contributed by atoms with van der Waals surface area (Å²) >= 11 is 0. The van der Waals surface area contributed by atoms with E-state index in [2.05, 4.69) is 97.8 Å². The zero-order valence-electron chi connectivity index (χ0n) is 35.2. The van der Waals surface area contributed by atoms with Crippen molar-refractivity contribution in [2.24, 2.45) is 0 Å². The lowest BCUT2D eigenvalue weighted by atomic mass is 9.99. The van der Waals surface area contributed by atoms with Crippen molar-refractivity contribution in [1.29, 1.82) is 0 Å². The Morgan fingerprint density at radius 3 is 1.39 bits per heavy atom. The molecule has 0 fully saturated rings. The maximum Gasteiger partial charge on any atom is 0.234 e. The van der Waals surface area contributed by atoms with Gasteiger partial charge in [-0.05, 0) is 100 Å². The van der Waals surface area contributed by atoms with Gasteiger partial charge in [0.1, 0.15) is 11.6 Å². The first-order valence-electron chi connectivity index (χ1n) is 21.6. The smallest absolute Gasteiger partial charge is 0.234 e. The van der Waals surface area contributed by atoms with Crippen LogP contribution >= 0.6 is 0 Å². The lowest BCUT2D eigenvalue weighted by Gasteiger charge is -2.20. The van der Waals surface area contributed by atoms with E-state index in [0.29, 0.717) is 28.2 Å². The van der Waals surface area contributed by atoms with Gasteiger partial charge in [-0.1, -0.05) is 127 Å². The fourth-order valence-corrected chi connectivity index (χ4v) is 9.58. The van der Waals surface area contributed by atoms with Gasteiger partial charge in [-0.15, -0.1) is 0 Å². The molecule has 5 nitrogen and oxygen atoms in total. The van der Waals surface area contributed by atoms with Crippen LogP contribution in [-0.4, -0.2) is 19.1 Å². The zero-order chi connectivity index (χ0) is 44.3. The quantitative estimate of drug-likeness (QED) is 0.150. The van der Waals surface area contributed by atoms with Crippen LogP contribution in [0.4, 0.5) is 14.5 Å². The van der Waals surface area contributed by atoms with Crippen molar-refractivity contribution in [3.8, 4) is 67.3 Å². The fourth-order valence-electron chi connectivity index (χ4n) is 9.58. The Labute approximate surface area is 378 Å². The van der Waals surface area contributed by atoms with Crippen molar-refractivity contribution in [2.75, 3.05) is 0 Å². The van der Waals surface area contributed by atoms with Crippen LogP contribution in [0.25, 0.3) is 116 Å². The molecule has 310 valence electrons. The molecule has 4 heterocycles. The fraction of sp³-hybridized carbons (Fsp3) is 0. The topological polar surface area (TPSA) is 40.0 Å². The lowest BCUT2D eigenvalue weighted by Crippen LogP contribution is -2.03. The molecule has 12 rings (SSSR count). The van der Waals surface area contributed by atoms with E-state index in [1.54, 1.807) is 0 Å². The number of para-hydroxylation sites is 2. The van der Waals surface area contributed by atoms with E-state index in [9.17, 15) is 0 Å². The highest BCUT2D eigenvalue weighted by atomic mass is 19.1. The summed E-state index contributed by atoms with van der Waals surface area (Å²) < 4.78 is 34.9. The van der Waals surface area contributed by atoms with Gasteiger partial charge in [-0.25, -0.2) is 13.6 Å². The molecule has 8 aromatic carbocycles. The van der Waals surface area contributed by atoms with Crippen LogP contribution < -0.4 is 0 Å². The highest BCUT2D eigenvalue weighted by Crippen LogP contribution is 2.47. The lowest BCUT2D eigenvalue weighted by molar-refractivity contribution is 0.584. The van der Waals surface area contributed by atoms with Crippen LogP contribution in [0, 0.1) is 18.2 Å². The van der Waals surface area contributed by atoms with Gasteiger partial charge in [0, 0.05) is 51.1 Å². The van der Waals surface area contributed by atoms with Crippen LogP contribution in [-0.2, 0) is 0 Å².